The van der Waals surface area contributed by atoms with Crippen molar-refractivity contribution >= 4 is 0 Å². The van der Waals surface area contributed by atoms with Gasteiger partial charge in [-0.1, -0.05) is 20.8 Å². The Morgan fingerprint density at radius 2 is 1.64 bits per heavy atom. The molecule has 3 rings (SSSR count). The normalized spacial score (nSPS) is 42.3. The van der Waals surface area contributed by atoms with E-state index in [-0.39, 0.29) is 0 Å². The van der Waals surface area contributed by atoms with E-state index < -0.39 is 0 Å². The van der Waals surface area contributed by atoms with Crippen molar-refractivity contribution in [1.29, 1.82) is 0 Å². The molecule has 11 heavy (non-hydrogen) atoms. The minimum atomic E-state index is 0.575. The molecule has 0 spiro atoms. The highest BCUT2D eigenvalue weighted by Gasteiger charge is 2.47. The quantitative estimate of drug-likeness (QED) is 0.539. The van der Waals surface area contributed by atoms with Crippen molar-refractivity contribution in [2.24, 2.45) is 23.2 Å². The van der Waals surface area contributed by atoms with Crippen molar-refractivity contribution in [2.75, 3.05) is 0 Å². The lowest BCUT2D eigenvalue weighted by Gasteiger charge is -2.39. The molecule has 3 aliphatic carbocycles. The molecule has 0 aliphatic heterocycles. The molecule has 0 amide bonds. The fourth-order valence-corrected chi connectivity index (χ4v) is 3.06. The first-order chi connectivity index (χ1) is 5.06. The molecule has 0 nitrogen and oxygen atoms in total. The molecule has 0 aromatic heterocycles. The van der Waals surface area contributed by atoms with Crippen molar-refractivity contribution in [2.45, 2.75) is 46.5 Å². The Kier molecular flexibility index (Phi) is 1.56. The first-order valence-corrected chi connectivity index (χ1v) is 5.06. The lowest BCUT2D eigenvalue weighted by atomic mass is 9.66. The van der Waals surface area contributed by atoms with Gasteiger partial charge >= 0.3 is 0 Å². The van der Waals surface area contributed by atoms with Gasteiger partial charge in [0.2, 0.25) is 0 Å². The van der Waals surface area contributed by atoms with Crippen molar-refractivity contribution < 1.29 is 0 Å². The first-order valence-electron chi connectivity index (χ1n) is 5.06. The summed E-state index contributed by atoms with van der Waals surface area (Å²) in [6, 6.07) is 0. The average molecular weight is 152 g/mol. The second kappa shape index (κ2) is 2.24. The molecule has 0 radical (unpaired) electrons. The summed E-state index contributed by atoms with van der Waals surface area (Å²) in [6.07, 6.45) is 6.14. The lowest BCUT2D eigenvalue weighted by Crippen LogP contribution is -2.31. The van der Waals surface area contributed by atoms with E-state index in [0.29, 0.717) is 5.41 Å². The molecule has 2 atom stereocenters. The summed E-state index contributed by atoms with van der Waals surface area (Å²) in [7, 11) is 0. The van der Waals surface area contributed by atoms with Crippen LogP contribution in [-0.4, -0.2) is 0 Å². The van der Waals surface area contributed by atoms with Gasteiger partial charge in [-0.2, -0.15) is 0 Å². The second-order valence-corrected chi connectivity index (χ2v) is 5.76. The fourth-order valence-electron chi connectivity index (χ4n) is 3.06. The molecule has 0 aromatic rings. The molecular formula is C11H20. The molecule has 64 valence electrons. The maximum Gasteiger partial charge on any atom is -0.0352 e. The van der Waals surface area contributed by atoms with Crippen LogP contribution in [0.4, 0.5) is 0 Å². The molecule has 2 bridgehead atoms. The van der Waals surface area contributed by atoms with E-state index in [1.54, 1.807) is 19.3 Å². The molecular weight excluding hydrogens is 132 g/mol. The topological polar surface area (TPSA) is 0 Å². The first kappa shape index (κ1) is 7.64. The maximum atomic E-state index is 2.38. The second-order valence-electron chi connectivity index (χ2n) is 5.76. The molecule has 3 fully saturated rings. The van der Waals surface area contributed by atoms with E-state index in [1.807, 2.05) is 0 Å². The van der Waals surface area contributed by atoms with Gasteiger partial charge in [0.25, 0.3) is 0 Å². The molecule has 0 N–H and O–H groups in total. The third-order valence-corrected chi connectivity index (χ3v) is 3.57. The molecule has 2 unspecified atom stereocenters. The van der Waals surface area contributed by atoms with Crippen LogP contribution in [0.1, 0.15) is 46.5 Å². The van der Waals surface area contributed by atoms with Crippen LogP contribution in [0.5, 0.6) is 0 Å². The summed E-state index contributed by atoms with van der Waals surface area (Å²) < 4.78 is 0. The highest BCUT2D eigenvalue weighted by molar-refractivity contribution is 4.97. The minimum Gasteiger partial charge on any atom is -0.0602 e. The van der Waals surface area contributed by atoms with Crippen molar-refractivity contribution in [1.82, 2.24) is 0 Å². The van der Waals surface area contributed by atoms with Crippen LogP contribution in [0, 0.1) is 23.2 Å². The maximum absolute atomic E-state index is 2.38. The molecule has 0 heterocycles. The third-order valence-electron chi connectivity index (χ3n) is 3.57. The third kappa shape index (κ3) is 1.32. The highest BCUT2D eigenvalue weighted by Crippen LogP contribution is 2.56. The predicted octanol–water partition coefficient (Wildman–Crippen LogP) is 3.47. The van der Waals surface area contributed by atoms with Crippen LogP contribution < -0.4 is 0 Å². The molecule has 3 aliphatic rings. The summed E-state index contributed by atoms with van der Waals surface area (Å²) in [4.78, 5) is 0. The molecule has 0 saturated heterocycles. The van der Waals surface area contributed by atoms with Crippen LogP contribution in [0.15, 0.2) is 0 Å². The van der Waals surface area contributed by atoms with Gasteiger partial charge in [0.1, 0.15) is 0 Å². The zero-order valence-electron chi connectivity index (χ0n) is 8.06. The molecule has 3 saturated carbocycles. The summed E-state index contributed by atoms with van der Waals surface area (Å²) in [5, 5.41) is 0. The Bertz CT molecular complexity index is 138. The Labute approximate surface area is 70.4 Å². The smallest absolute Gasteiger partial charge is 0.0352 e. The van der Waals surface area contributed by atoms with Gasteiger partial charge in [0.05, 0.1) is 0 Å². The van der Waals surface area contributed by atoms with Gasteiger partial charge in [-0.25, -0.2) is 0 Å². The summed E-state index contributed by atoms with van der Waals surface area (Å²) in [6.45, 7) is 7.14. The van der Waals surface area contributed by atoms with Gasteiger partial charge in [-0.15, -0.1) is 0 Å². The Balaban J connectivity index is 1.89. The standard InChI is InChI=1S/C11H20/c1-11(2,3)7-10-8-4-5-9(10)6-8/h8-10H,4-7H2,1-3H3. The van der Waals surface area contributed by atoms with Crippen LogP contribution in [0.2, 0.25) is 0 Å². The Hall–Kier alpha value is 0. The van der Waals surface area contributed by atoms with E-state index in [9.17, 15) is 0 Å². The van der Waals surface area contributed by atoms with Gasteiger partial charge < -0.3 is 0 Å². The number of fused-ring (bicyclic) bond motifs is 1. The Morgan fingerprint density at radius 3 is 2.00 bits per heavy atom. The van der Waals surface area contributed by atoms with Gasteiger partial charge in [0, 0.05) is 0 Å². The van der Waals surface area contributed by atoms with Crippen LogP contribution in [0.3, 0.4) is 0 Å². The number of hydrogen-bond donors (Lipinski definition) is 0. The average Bonchev–Trinajstić information content (AvgIpc) is 2.37. The zero-order valence-corrected chi connectivity index (χ0v) is 8.06. The fraction of sp³-hybridized carbons (Fsp3) is 1.00. The minimum absolute atomic E-state index is 0.575. The van der Waals surface area contributed by atoms with Crippen LogP contribution >= 0.6 is 0 Å². The molecule has 0 heteroatoms. The summed E-state index contributed by atoms with van der Waals surface area (Å²) in [5.41, 5.74) is 0.575. The van der Waals surface area contributed by atoms with E-state index in [2.05, 4.69) is 20.8 Å². The number of rotatable bonds is 1. The van der Waals surface area contributed by atoms with Crippen molar-refractivity contribution in [3.63, 3.8) is 0 Å². The summed E-state index contributed by atoms with van der Waals surface area (Å²) in [5.74, 6) is 3.40. The van der Waals surface area contributed by atoms with Gasteiger partial charge in [-0.05, 0) is 48.9 Å². The van der Waals surface area contributed by atoms with E-state index in [4.69, 9.17) is 0 Å². The lowest BCUT2D eigenvalue weighted by molar-refractivity contribution is 0.102. The van der Waals surface area contributed by atoms with E-state index in [1.165, 1.54) is 6.42 Å². The van der Waals surface area contributed by atoms with Crippen molar-refractivity contribution in [3.8, 4) is 0 Å². The highest BCUT2D eigenvalue weighted by atomic mass is 14.5. The monoisotopic (exact) mass is 152 g/mol. The van der Waals surface area contributed by atoms with Crippen molar-refractivity contribution in [3.05, 3.63) is 0 Å². The van der Waals surface area contributed by atoms with E-state index >= 15 is 0 Å². The van der Waals surface area contributed by atoms with Gasteiger partial charge in [-0.3, -0.25) is 0 Å². The largest absolute Gasteiger partial charge is 0.0602 e. The zero-order chi connectivity index (χ0) is 8.06. The van der Waals surface area contributed by atoms with Crippen LogP contribution in [-0.2, 0) is 0 Å². The van der Waals surface area contributed by atoms with Crippen LogP contribution in [0.25, 0.3) is 0 Å². The number of hydrogen-bond acceptors (Lipinski definition) is 0. The predicted molar refractivity (Wildman–Crippen MR) is 48.4 cm³/mol. The van der Waals surface area contributed by atoms with Gasteiger partial charge in [0.15, 0.2) is 0 Å². The summed E-state index contributed by atoms with van der Waals surface area (Å²) >= 11 is 0. The molecule has 0 aromatic carbocycles. The Morgan fingerprint density at radius 1 is 1.09 bits per heavy atom. The SMILES string of the molecule is CC(C)(C)CC1C2CCC1C2. The van der Waals surface area contributed by atoms with E-state index in [0.717, 1.165) is 17.8 Å².